The van der Waals surface area contributed by atoms with E-state index < -0.39 is 10.0 Å². The fourth-order valence-corrected chi connectivity index (χ4v) is 5.77. The second-order valence-electron chi connectivity index (χ2n) is 7.85. The zero-order valence-electron chi connectivity index (χ0n) is 16.6. The third-order valence-electron chi connectivity index (χ3n) is 5.79. The van der Waals surface area contributed by atoms with E-state index >= 15 is 0 Å². The number of carbonyl (C=O) groups is 1. The summed E-state index contributed by atoms with van der Waals surface area (Å²) in [7, 11) is -3.28. The molecule has 0 atom stereocenters. The van der Waals surface area contributed by atoms with Gasteiger partial charge in [-0.1, -0.05) is 36.4 Å². The lowest BCUT2D eigenvalue weighted by Gasteiger charge is -2.33. The molecule has 0 unspecified atom stereocenters. The summed E-state index contributed by atoms with van der Waals surface area (Å²) < 4.78 is 26.2. The summed E-state index contributed by atoms with van der Waals surface area (Å²) in [5.41, 5.74) is 2.48. The largest absolute Gasteiger partial charge is 0.328 e. The second kappa shape index (κ2) is 8.55. The van der Waals surface area contributed by atoms with Gasteiger partial charge >= 0.3 is 0 Å². The third kappa shape index (κ3) is 4.62. The van der Waals surface area contributed by atoms with Crippen LogP contribution in [-0.4, -0.2) is 57.7 Å². The maximum Gasteiger partial charge on any atom is 0.254 e. The summed E-state index contributed by atoms with van der Waals surface area (Å²) >= 11 is 0. The van der Waals surface area contributed by atoms with Gasteiger partial charge in [0.2, 0.25) is 10.0 Å². The topological polar surface area (TPSA) is 62.1 Å². The molecule has 4 rings (SSSR count). The predicted octanol–water partition coefficient (Wildman–Crippen LogP) is 1.16. The van der Waals surface area contributed by atoms with Gasteiger partial charge in [0.25, 0.3) is 5.91 Å². The van der Waals surface area contributed by atoms with Gasteiger partial charge < -0.3 is 9.80 Å². The maximum atomic E-state index is 13.0. The number of amides is 1. The van der Waals surface area contributed by atoms with Gasteiger partial charge in [-0.25, -0.2) is 8.42 Å². The monoisotopic (exact) mass is 414 g/mol. The zero-order valence-corrected chi connectivity index (χ0v) is 17.4. The molecule has 154 valence electrons. The quantitative estimate of drug-likeness (QED) is 0.817. The van der Waals surface area contributed by atoms with Gasteiger partial charge in [-0.15, -0.1) is 0 Å². The van der Waals surface area contributed by atoms with Crippen molar-refractivity contribution >= 4 is 21.6 Å². The van der Waals surface area contributed by atoms with Crippen LogP contribution in [0.15, 0.2) is 54.6 Å². The van der Waals surface area contributed by atoms with Crippen molar-refractivity contribution in [2.45, 2.75) is 19.4 Å². The Hall–Kier alpha value is -2.38. The van der Waals surface area contributed by atoms with Gasteiger partial charge in [-0.3, -0.25) is 9.10 Å². The van der Waals surface area contributed by atoms with Crippen molar-refractivity contribution in [1.82, 2.24) is 4.90 Å². The number of rotatable bonds is 4. The van der Waals surface area contributed by atoms with E-state index in [0.717, 1.165) is 26.1 Å². The molecule has 0 aromatic heterocycles. The molecule has 0 aliphatic carbocycles. The highest BCUT2D eigenvalue weighted by Gasteiger charge is 2.28. The zero-order chi connectivity index (χ0) is 20.3. The van der Waals surface area contributed by atoms with Crippen LogP contribution >= 0.6 is 0 Å². The molecule has 2 heterocycles. The highest BCUT2D eigenvalue weighted by atomic mass is 32.2. The molecule has 0 bridgehead atoms. The Morgan fingerprint density at radius 1 is 0.931 bits per heavy atom. The third-order valence-corrected chi connectivity index (χ3v) is 7.65. The Kier molecular flexibility index (Phi) is 5.87. The summed E-state index contributed by atoms with van der Waals surface area (Å²) in [6.07, 6.45) is 1.55. The minimum absolute atomic E-state index is 0.0139. The van der Waals surface area contributed by atoms with Crippen LogP contribution in [0, 0.1) is 0 Å². The first kappa shape index (κ1) is 19.9. The molecule has 1 amide bonds. The van der Waals surface area contributed by atoms with E-state index in [1.54, 1.807) is 24.3 Å². The molecule has 2 fully saturated rings. The molecular formula is C22H28N3O3S+. The number of nitrogens with zero attached hydrogens (tertiary/aromatic N) is 2. The fraction of sp³-hybridized carbons (Fsp3) is 0.409. The smallest absolute Gasteiger partial charge is 0.254 e. The normalized spacial score (nSPS) is 19.9. The molecule has 1 N–H and O–H groups in total. The first-order valence-electron chi connectivity index (χ1n) is 10.3. The van der Waals surface area contributed by atoms with Gasteiger partial charge in [0, 0.05) is 17.7 Å². The number of anilines is 1. The Morgan fingerprint density at radius 3 is 2.41 bits per heavy atom. The standard InChI is InChI=1S/C22H27N3O3S/c26-22(24-14-12-23(13-15-24)18-19-7-2-1-3-8-19)20-9-6-10-21(17-20)25-11-4-5-16-29(25,27)28/h1-3,6-10,17H,4-5,11-16,18H2/p+1. The van der Waals surface area contributed by atoms with Crippen molar-refractivity contribution in [2.24, 2.45) is 0 Å². The van der Waals surface area contributed by atoms with Crippen molar-refractivity contribution in [2.75, 3.05) is 42.8 Å². The van der Waals surface area contributed by atoms with Gasteiger partial charge in [0.1, 0.15) is 6.54 Å². The fourth-order valence-electron chi connectivity index (χ4n) is 4.14. The molecule has 2 aromatic rings. The van der Waals surface area contributed by atoms with Crippen molar-refractivity contribution in [3.05, 3.63) is 65.7 Å². The minimum Gasteiger partial charge on any atom is -0.328 e. The first-order chi connectivity index (χ1) is 14.0. The van der Waals surface area contributed by atoms with E-state index in [-0.39, 0.29) is 11.7 Å². The lowest BCUT2D eigenvalue weighted by Crippen LogP contribution is -3.13. The van der Waals surface area contributed by atoms with Crippen LogP contribution in [0.25, 0.3) is 0 Å². The number of benzene rings is 2. The van der Waals surface area contributed by atoms with Gasteiger partial charge in [0.15, 0.2) is 0 Å². The molecule has 0 saturated carbocycles. The van der Waals surface area contributed by atoms with Crippen LogP contribution < -0.4 is 9.21 Å². The van der Waals surface area contributed by atoms with Crippen molar-refractivity contribution in [1.29, 1.82) is 0 Å². The number of hydrogen-bond donors (Lipinski definition) is 1. The van der Waals surface area contributed by atoms with Crippen molar-refractivity contribution < 1.29 is 18.1 Å². The summed E-state index contributed by atoms with van der Waals surface area (Å²) in [6, 6.07) is 17.5. The van der Waals surface area contributed by atoms with Crippen molar-refractivity contribution in [3.8, 4) is 0 Å². The number of nitrogens with one attached hydrogen (secondary N) is 1. The van der Waals surface area contributed by atoms with Gasteiger partial charge in [0.05, 0.1) is 37.6 Å². The summed E-state index contributed by atoms with van der Waals surface area (Å²) in [5, 5.41) is 0. The first-order valence-corrected chi connectivity index (χ1v) is 11.9. The SMILES string of the molecule is O=C(c1cccc(N2CCCCS2(=O)=O)c1)N1CC[NH+](Cc2ccccc2)CC1. The lowest BCUT2D eigenvalue weighted by atomic mass is 10.1. The molecule has 7 heteroatoms. The maximum absolute atomic E-state index is 13.0. The van der Waals surface area contributed by atoms with Crippen LogP contribution in [-0.2, 0) is 16.6 Å². The molecule has 2 aromatic carbocycles. The molecule has 0 spiro atoms. The van der Waals surface area contributed by atoms with Crippen molar-refractivity contribution in [3.63, 3.8) is 0 Å². The van der Waals surface area contributed by atoms with E-state index in [2.05, 4.69) is 24.3 Å². The molecule has 2 aliphatic heterocycles. The van der Waals surface area contributed by atoms with Crippen LogP contribution in [0.2, 0.25) is 0 Å². The van der Waals surface area contributed by atoms with E-state index in [9.17, 15) is 13.2 Å². The Bertz CT molecular complexity index is 954. The number of hydrogen-bond acceptors (Lipinski definition) is 3. The van der Waals surface area contributed by atoms with E-state index in [0.29, 0.717) is 37.3 Å². The van der Waals surface area contributed by atoms with E-state index in [4.69, 9.17) is 0 Å². The summed E-state index contributed by atoms with van der Waals surface area (Å²) in [5.74, 6) is 0.164. The highest BCUT2D eigenvalue weighted by molar-refractivity contribution is 7.92. The van der Waals surface area contributed by atoms with Gasteiger partial charge in [-0.2, -0.15) is 0 Å². The van der Waals surface area contributed by atoms with Crippen LogP contribution in [0.4, 0.5) is 5.69 Å². The molecule has 2 saturated heterocycles. The Labute approximate surface area is 172 Å². The van der Waals surface area contributed by atoms with Crippen LogP contribution in [0.1, 0.15) is 28.8 Å². The average Bonchev–Trinajstić information content (AvgIpc) is 2.74. The second-order valence-corrected chi connectivity index (χ2v) is 9.86. The van der Waals surface area contributed by atoms with E-state index in [1.165, 1.54) is 14.8 Å². The lowest BCUT2D eigenvalue weighted by molar-refractivity contribution is -0.917. The van der Waals surface area contributed by atoms with Crippen LogP contribution in [0.5, 0.6) is 0 Å². The highest BCUT2D eigenvalue weighted by Crippen LogP contribution is 2.24. The van der Waals surface area contributed by atoms with Crippen LogP contribution in [0.3, 0.4) is 0 Å². The molecule has 29 heavy (non-hydrogen) atoms. The minimum atomic E-state index is -3.28. The molecule has 6 nitrogen and oxygen atoms in total. The predicted molar refractivity (Wildman–Crippen MR) is 114 cm³/mol. The number of carbonyl (C=O) groups excluding carboxylic acids is 1. The molecule has 0 radical (unpaired) electrons. The Balaban J connectivity index is 1.40. The van der Waals surface area contributed by atoms with Gasteiger partial charge in [-0.05, 0) is 31.0 Å². The Morgan fingerprint density at radius 2 is 1.69 bits per heavy atom. The summed E-state index contributed by atoms with van der Waals surface area (Å²) in [6.45, 7) is 4.73. The average molecular weight is 415 g/mol. The summed E-state index contributed by atoms with van der Waals surface area (Å²) in [4.78, 5) is 16.4. The molecular weight excluding hydrogens is 386 g/mol. The number of sulfonamides is 1. The number of quaternary nitrogens is 1. The number of piperazine rings is 1. The van der Waals surface area contributed by atoms with E-state index in [1.807, 2.05) is 11.0 Å². The molecule has 2 aliphatic rings.